The number of hydrogen-bond donors (Lipinski definition) is 6. The zero-order chi connectivity index (χ0) is 40.3. The van der Waals surface area contributed by atoms with Gasteiger partial charge in [-0.25, -0.2) is 0 Å². The number of benzene rings is 1. The van der Waals surface area contributed by atoms with Gasteiger partial charge in [0, 0.05) is 20.8 Å². The summed E-state index contributed by atoms with van der Waals surface area (Å²) in [5, 5.41) is 49.9. The highest BCUT2D eigenvalue weighted by atomic mass is 16.7. The fraction of sp³-hybridized carbons (Fsp3) is 0.763. The maximum absolute atomic E-state index is 14.0. The van der Waals surface area contributed by atoms with E-state index < -0.39 is 91.6 Å². The Bertz CT molecular complexity index is 1340. The maximum atomic E-state index is 14.0. The van der Waals surface area contributed by atoms with Crippen LogP contribution in [0.15, 0.2) is 35.5 Å². The summed E-state index contributed by atoms with van der Waals surface area (Å²) < 4.78 is 23.5. The molecule has 0 aliphatic carbocycles. The summed E-state index contributed by atoms with van der Waals surface area (Å²) in [7, 11) is 2.97. The number of amides is 3. The van der Waals surface area contributed by atoms with Crippen molar-refractivity contribution in [3.05, 3.63) is 40.8 Å². The molecule has 14 atom stereocenters. The largest absolute Gasteiger partial charge is 0.394 e. The minimum absolute atomic E-state index is 0.0504. The molecule has 0 saturated carbocycles. The summed E-state index contributed by atoms with van der Waals surface area (Å²) in [5.41, 5.74) is 0.632. The van der Waals surface area contributed by atoms with E-state index in [-0.39, 0.29) is 30.1 Å². The summed E-state index contributed by atoms with van der Waals surface area (Å²) in [4.78, 5) is 54.0. The van der Waals surface area contributed by atoms with Crippen molar-refractivity contribution in [3.8, 4) is 0 Å². The van der Waals surface area contributed by atoms with Crippen LogP contribution in [-0.4, -0.2) is 137 Å². The minimum Gasteiger partial charge on any atom is -0.394 e. The van der Waals surface area contributed by atoms with Crippen molar-refractivity contribution in [2.24, 2.45) is 22.9 Å². The Labute approximate surface area is 318 Å². The lowest BCUT2D eigenvalue weighted by atomic mass is 9.90. The summed E-state index contributed by atoms with van der Waals surface area (Å²) >= 11 is 0. The molecular weight excluding hydrogens is 704 g/mol. The number of carbonyl (C=O) groups is 3. The minimum atomic E-state index is -1.64. The van der Waals surface area contributed by atoms with Gasteiger partial charge in [-0.15, -0.1) is 4.91 Å². The van der Waals surface area contributed by atoms with E-state index >= 15 is 0 Å². The molecule has 0 bridgehead atoms. The topological polar surface area (TPSA) is 226 Å². The van der Waals surface area contributed by atoms with E-state index in [0.29, 0.717) is 31.4 Å². The van der Waals surface area contributed by atoms with Gasteiger partial charge in [0.2, 0.25) is 17.7 Å². The lowest BCUT2D eigenvalue weighted by Crippen LogP contribution is -2.59. The molecule has 54 heavy (non-hydrogen) atoms. The van der Waals surface area contributed by atoms with Crippen LogP contribution in [-0.2, 0) is 33.3 Å². The summed E-state index contributed by atoms with van der Waals surface area (Å²) in [5.74, 6) is -2.25. The van der Waals surface area contributed by atoms with Crippen molar-refractivity contribution in [1.82, 2.24) is 15.5 Å². The van der Waals surface area contributed by atoms with Gasteiger partial charge in [0.05, 0.1) is 49.3 Å². The molecule has 1 aromatic rings. The monoisotopic (exact) mass is 766 g/mol. The lowest BCUT2D eigenvalue weighted by molar-refractivity contribution is -0.314. The number of likely N-dealkylation sites (tertiary alicyclic amines) is 1. The molecule has 16 nitrogen and oxygen atoms in total. The molecule has 16 heteroatoms. The van der Waals surface area contributed by atoms with Gasteiger partial charge in [0.1, 0.15) is 30.5 Å². The number of carbonyl (C=O) groups excluding carboxylic acids is 3. The molecule has 2 aliphatic heterocycles. The number of aliphatic hydroxyl groups is 4. The van der Waals surface area contributed by atoms with Crippen molar-refractivity contribution < 1.29 is 53.8 Å². The molecule has 2 heterocycles. The smallest absolute Gasteiger partial charge is 0.249 e. The highest BCUT2D eigenvalue weighted by Crippen LogP contribution is 2.32. The molecule has 3 rings (SSSR count). The van der Waals surface area contributed by atoms with Gasteiger partial charge in [-0.05, 0) is 37.2 Å². The first-order chi connectivity index (χ1) is 25.6. The predicted octanol–water partition coefficient (Wildman–Crippen LogP) is 1.42. The van der Waals surface area contributed by atoms with E-state index in [1.165, 1.54) is 14.2 Å². The van der Waals surface area contributed by atoms with Crippen LogP contribution in [0.4, 0.5) is 0 Å². The van der Waals surface area contributed by atoms with E-state index in [9.17, 15) is 39.7 Å². The number of rotatable bonds is 20. The fourth-order valence-electron chi connectivity index (χ4n) is 7.39. The van der Waals surface area contributed by atoms with Crippen LogP contribution in [0, 0.1) is 22.7 Å². The lowest BCUT2D eigenvalue weighted by Gasteiger charge is -2.42. The fourth-order valence-corrected chi connectivity index (χ4v) is 7.39. The van der Waals surface area contributed by atoms with Crippen molar-refractivity contribution in [2.75, 3.05) is 27.4 Å². The van der Waals surface area contributed by atoms with Gasteiger partial charge in [-0.1, -0.05) is 76.5 Å². The molecule has 2 saturated heterocycles. The Morgan fingerprint density at radius 3 is 2.19 bits per heavy atom. The number of methoxy groups -OCH3 is 2. The number of ether oxygens (including phenoxy) is 4. The molecule has 14 unspecified atom stereocenters. The molecule has 6 N–H and O–H groups in total. The second kappa shape index (κ2) is 21.3. The van der Waals surface area contributed by atoms with Crippen LogP contribution in [0.25, 0.3) is 0 Å². The van der Waals surface area contributed by atoms with E-state index in [2.05, 4.69) is 15.8 Å². The number of nitrogens with zero attached hydrogens (tertiary/aromatic N) is 2. The van der Waals surface area contributed by atoms with Crippen LogP contribution in [0.5, 0.6) is 0 Å². The van der Waals surface area contributed by atoms with Gasteiger partial charge in [0.25, 0.3) is 0 Å². The molecule has 3 amide bonds. The second-order valence-corrected chi connectivity index (χ2v) is 14.9. The van der Waals surface area contributed by atoms with Crippen molar-refractivity contribution in [3.63, 3.8) is 0 Å². The molecule has 0 spiro atoms. The predicted molar refractivity (Wildman–Crippen MR) is 198 cm³/mol. The SMILES string of the molecule is CCC(C)C(NC(=O)C(N=O)C(C)C)C(CC(=O)N1CCCC1C(OC)C(C)C(=O)NC(C)C(OC1OC(CO)C(O)C(O)C1O)c1ccccc1)OC. The molecule has 0 aromatic heterocycles. The standard InChI is InChI=1S/C38H62N4O12/c1-9-21(4)30(40-37(49)29(41-50)20(2)3)26(51-7)18-28(44)42-17-13-16-25(42)34(52-8)22(5)36(48)39-23(6)35(24-14-11-10-12-15-24)54-38-33(47)32(46)31(45)27(19-43)53-38/h10-12,14-15,20-23,25-27,29-35,38,43,45-47H,9,13,16-19H2,1-8H3,(H,39,48)(H,40,49). The number of hydrogen-bond acceptors (Lipinski definition) is 13. The van der Waals surface area contributed by atoms with E-state index in [1.54, 1.807) is 62.9 Å². The molecule has 2 fully saturated rings. The average molecular weight is 767 g/mol. The Balaban J connectivity index is 1.76. The molecular formula is C38H62N4O12. The van der Waals surface area contributed by atoms with E-state index in [4.69, 9.17) is 18.9 Å². The van der Waals surface area contributed by atoms with Crippen molar-refractivity contribution >= 4 is 17.7 Å². The van der Waals surface area contributed by atoms with E-state index in [1.807, 2.05) is 13.8 Å². The average Bonchev–Trinajstić information content (AvgIpc) is 3.65. The quantitative estimate of drug-likeness (QED) is 0.104. The first-order valence-electron chi connectivity index (χ1n) is 18.9. The second-order valence-electron chi connectivity index (χ2n) is 14.9. The highest BCUT2D eigenvalue weighted by molar-refractivity contribution is 5.83. The first-order valence-corrected chi connectivity index (χ1v) is 18.9. The van der Waals surface area contributed by atoms with Gasteiger partial charge >= 0.3 is 0 Å². The van der Waals surface area contributed by atoms with Crippen LogP contribution < -0.4 is 10.6 Å². The Hall–Kier alpha value is -3.09. The van der Waals surface area contributed by atoms with Gasteiger partial charge in [-0.2, -0.15) is 0 Å². The third kappa shape index (κ3) is 11.0. The third-order valence-electron chi connectivity index (χ3n) is 10.9. The number of nitroso groups, excluding NO2 is 1. The third-order valence-corrected chi connectivity index (χ3v) is 10.9. The zero-order valence-corrected chi connectivity index (χ0v) is 32.7. The van der Waals surface area contributed by atoms with Crippen LogP contribution in [0.1, 0.15) is 78.9 Å². The Morgan fingerprint density at radius 2 is 1.63 bits per heavy atom. The van der Waals surface area contributed by atoms with Gasteiger partial charge in [-0.3, -0.25) is 14.4 Å². The summed E-state index contributed by atoms with van der Waals surface area (Å²) in [6.45, 7) is 10.6. The molecule has 2 aliphatic rings. The van der Waals surface area contributed by atoms with E-state index in [0.717, 1.165) is 0 Å². The van der Waals surface area contributed by atoms with Crippen LogP contribution in [0.2, 0.25) is 0 Å². The zero-order valence-electron chi connectivity index (χ0n) is 32.7. The maximum Gasteiger partial charge on any atom is 0.249 e. The Kier molecular flexibility index (Phi) is 17.8. The molecule has 0 radical (unpaired) electrons. The summed E-state index contributed by atoms with van der Waals surface area (Å²) in [6.07, 6.45) is -7.82. The van der Waals surface area contributed by atoms with Crippen LogP contribution >= 0.6 is 0 Å². The van der Waals surface area contributed by atoms with Crippen molar-refractivity contribution in [2.45, 2.75) is 140 Å². The number of nitrogens with one attached hydrogen (secondary N) is 2. The van der Waals surface area contributed by atoms with Crippen molar-refractivity contribution in [1.29, 1.82) is 0 Å². The first kappa shape index (κ1) is 45.3. The van der Waals surface area contributed by atoms with Gasteiger partial charge in [0.15, 0.2) is 12.3 Å². The molecule has 1 aromatic carbocycles. The number of aliphatic hydroxyl groups excluding tert-OH is 4. The molecule has 306 valence electrons. The highest BCUT2D eigenvalue weighted by Gasteiger charge is 2.46. The van der Waals surface area contributed by atoms with Gasteiger partial charge < -0.3 is 54.9 Å². The van der Waals surface area contributed by atoms with Crippen LogP contribution in [0.3, 0.4) is 0 Å². The normalized spacial score (nSPS) is 27.6. The Morgan fingerprint density at radius 1 is 0.963 bits per heavy atom. The summed E-state index contributed by atoms with van der Waals surface area (Å²) in [6, 6.07) is 6.11.